The molecule has 0 saturated heterocycles. The zero-order valence-corrected chi connectivity index (χ0v) is 12.2. The first-order valence-electron chi connectivity index (χ1n) is 6.14. The minimum Gasteiger partial charge on any atom is -0.409 e. The fraction of sp³-hybridized carbons (Fsp3) is 0.0667. The van der Waals surface area contributed by atoms with Gasteiger partial charge in [-0.15, -0.1) is 16.9 Å². The van der Waals surface area contributed by atoms with Gasteiger partial charge in [0.05, 0.1) is 5.56 Å². The van der Waals surface area contributed by atoms with Gasteiger partial charge in [-0.25, -0.2) is 5.10 Å². The summed E-state index contributed by atoms with van der Waals surface area (Å²) in [5, 5.41) is 6.75. The molecular weight excluding hydrogens is 288 g/mol. The molecule has 3 nitrogen and oxygen atoms in total. The molecule has 0 bridgehead atoms. The Morgan fingerprint density at radius 1 is 1.05 bits per heavy atom. The highest BCUT2D eigenvalue weighted by molar-refractivity contribution is 7.98. The largest absolute Gasteiger partial charge is 0.409 e. The van der Waals surface area contributed by atoms with E-state index in [1.807, 2.05) is 36.4 Å². The molecule has 0 saturated carbocycles. The third-order valence-corrected chi connectivity index (χ3v) is 4.11. The molecule has 1 heterocycles. The average molecular weight is 300 g/mol. The molecule has 20 heavy (non-hydrogen) atoms. The number of H-pyrrole nitrogens is 1. The van der Waals surface area contributed by atoms with Crippen molar-refractivity contribution in [2.24, 2.45) is 0 Å². The quantitative estimate of drug-likeness (QED) is 0.560. The number of aromatic amines is 1. The van der Waals surface area contributed by atoms with Crippen LogP contribution in [-0.4, -0.2) is 10.2 Å². The third-order valence-electron chi connectivity index (χ3n) is 2.79. The average Bonchev–Trinajstić information content (AvgIpc) is 2.93. The van der Waals surface area contributed by atoms with Crippen LogP contribution in [0.1, 0.15) is 5.56 Å². The summed E-state index contributed by atoms with van der Waals surface area (Å²) in [5.41, 5.74) is 2.25. The molecule has 3 aromatic rings. The first-order valence-corrected chi connectivity index (χ1v) is 7.54. The van der Waals surface area contributed by atoms with Crippen LogP contribution in [0, 0.1) is 4.84 Å². The predicted octanol–water partition coefficient (Wildman–Crippen LogP) is 4.69. The number of benzene rings is 2. The molecule has 0 atom stereocenters. The van der Waals surface area contributed by atoms with Gasteiger partial charge in [-0.3, -0.25) is 0 Å². The van der Waals surface area contributed by atoms with Gasteiger partial charge in [-0.2, -0.15) is 0 Å². The van der Waals surface area contributed by atoms with Gasteiger partial charge in [0.15, 0.2) is 0 Å². The van der Waals surface area contributed by atoms with Crippen LogP contribution in [0.25, 0.3) is 11.5 Å². The highest BCUT2D eigenvalue weighted by Crippen LogP contribution is 2.32. The summed E-state index contributed by atoms with van der Waals surface area (Å²) in [6.07, 6.45) is 0. The Hall–Kier alpha value is -1.85. The van der Waals surface area contributed by atoms with E-state index >= 15 is 0 Å². The van der Waals surface area contributed by atoms with Gasteiger partial charge in [0.25, 0.3) is 4.84 Å². The molecule has 0 amide bonds. The molecule has 0 spiro atoms. The van der Waals surface area contributed by atoms with Crippen molar-refractivity contribution in [3.63, 3.8) is 0 Å². The number of aromatic nitrogens is 2. The molecular formula is C15H12N2OS2. The van der Waals surface area contributed by atoms with Crippen molar-refractivity contribution in [2.75, 3.05) is 0 Å². The van der Waals surface area contributed by atoms with Crippen molar-refractivity contribution in [2.45, 2.75) is 10.6 Å². The first-order chi connectivity index (χ1) is 9.83. The summed E-state index contributed by atoms with van der Waals surface area (Å²) in [4.78, 5) is 1.42. The Balaban J connectivity index is 1.85. The second-order valence-electron chi connectivity index (χ2n) is 4.19. The van der Waals surface area contributed by atoms with Gasteiger partial charge in [0.2, 0.25) is 5.89 Å². The minimum atomic E-state index is 0.294. The molecule has 1 N–H and O–H groups in total. The van der Waals surface area contributed by atoms with E-state index in [0.29, 0.717) is 10.7 Å². The molecule has 0 aliphatic carbocycles. The van der Waals surface area contributed by atoms with Gasteiger partial charge in [-0.1, -0.05) is 42.5 Å². The molecule has 0 aliphatic heterocycles. The number of nitrogens with one attached hydrogen (secondary N) is 1. The van der Waals surface area contributed by atoms with Crippen molar-refractivity contribution in [3.8, 4) is 11.5 Å². The van der Waals surface area contributed by atoms with E-state index in [0.717, 1.165) is 16.2 Å². The van der Waals surface area contributed by atoms with Crippen LogP contribution >= 0.6 is 24.0 Å². The Kier molecular flexibility index (Phi) is 3.99. The molecule has 1 aromatic heterocycles. The monoisotopic (exact) mass is 300 g/mol. The topological polar surface area (TPSA) is 41.8 Å². The lowest BCUT2D eigenvalue weighted by Crippen LogP contribution is -1.84. The Labute approximate surface area is 126 Å². The zero-order chi connectivity index (χ0) is 13.8. The second kappa shape index (κ2) is 6.07. The maximum absolute atomic E-state index is 5.40. The van der Waals surface area contributed by atoms with E-state index in [4.69, 9.17) is 16.6 Å². The molecule has 3 rings (SSSR count). The maximum Gasteiger partial charge on any atom is 0.284 e. The number of thioether (sulfide) groups is 1. The van der Waals surface area contributed by atoms with Crippen LogP contribution in [0.5, 0.6) is 0 Å². The SMILES string of the molecule is S=c1[nH]nc(-c2ccccc2SCc2ccccc2)o1. The fourth-order valence-electron chi connectivity index (χ4n) is 1.85. The van der Waals surface area contributed by atoms with E-state index in [9.17, 15) is 0 Å². The van der Waals surface area contributed by atoms with Crippen LogP contribution in [0.3, 0.4) is 0 Å². The molecule has 100 valence electrons. The zero-order valence-electron chi connectivity index (χ0n) is 10.6. The van der Waals surface area contributed by atoms with Gasteiger partial charge < -0.3 is 4.42 Å². The smallest absolute Gasteiger partial charge is 0.284 e. The summed E-state index contributed by atoms with van der Waals surface area (Å²) in [6.45, 7) is 0. The molecule has 0 aliphatic rings. The lowest BCUT2D eigenvalue weighted by molar-refractivity contribution is 0.551. The van der Waals surface area contributed by atoms with Gasteiger partial charge in [0.1, 0.15) is 0 Å². The Bertz CT molecular complexity index is 750. The van der Waals surface area contributed by atoms with Crippen molar-refractivity contribution in [1.29, 1.82) is 0 Å². The number of hydrogen-bond donors (Lipinski definition) is 1. The van der Waals surface area contributed by atoms with E-state index in [1.165, 1.54) is 5.56 Å². The standard InChI is InChI=1S/C15H12N2OS2/c19-15-17-16-14(18-15)12-8-4-5-9-13(12)20-10-11-6-2-1-3-7-11/h1-9H,10H2,(H,17,19). The Morgan fingerprint density at radius 3 is 2.55 bits per heavy atom. The van der Waals surface area contributed by atoms with Crippen molar-refractivity contribution in [3.05, 3.63) is 65.0 Å². The minimum absolute atomic E-state index is 0.294. The summed E-state index contributed by atoms with van der Waals surface area (Å²) >= 11 is 6.68. The molecule has 5 heteroatoms. The van der Waals surface area contributed by atoms with Crippen LogP contribution in [-0.2, 0) is 5.75 Å². The van der Waals surface area contributed by atoms with Crippen molar-refractivity contribution in [1.82, 2.24) is 10.2 Å². The van der Waals surface area contributed by atoms with Crippen LogP contribution in [0.2, 0.25) is 0 Å². The normalized spacial score (nSPS) is 10.6. The van der Waals surface area contributed by atoms with Gasteiger partial charge in [0, 0.05) is 10.6 Å². The summed E-state index contributed by atoms with van der Waals surface area (Å²) < 4.78 is 5.40. The lowest BCUT2D eigenvalue weighted by Gasteiger charge is -2.05. The summed E-state index contributed by atoms with van der Waals surface area (Å²) in [6, 6.07) is 18.4. The maximum atomic E-state index is 5.40. The van der Waals surface area contributed by atoms with Crippen LogP contribution in [0.15, 0.2) is 63.9 Å². The fourth-order valence-corrected chi connectivity index (χ4v) is 2.97. The van der Waals surface area contributed by atoms with Gasteiger partial charge >= 0.3 is 0 Å². The number of hydrogen-bond acceptors (Lipinski definition) is 4. The second-order valence-corrected chi connectivity index (χ2v) is 5.58. The van der Waals surface area contributed by atoms with Crippen LogP contribution < -0.4 is 0 Å². The third kappa shape index (κ3) is 3.00. The van der Waals surface area contributed by atoms with E-state index in [-0.39, 0.29) is 0 Å². The van der Waals surface area contributed by atoms with E-state index in [1.54, 1.807) is 11.8 Å². The van der Waals surface area contributed by atoms with Crippen molar-refractivity contribution < 1.29 is 4.42 Å². The summed E-state index contributed by atoms with van der Waals surface area (Å²) in [7, 11) is 0. The van der Waals surface area contributed by atoms with E-state index < -0.39 is 0 Å². The number of rotatable bonds is 4. The Morgan fingerprint density at radius 2 is 1.80 bits per heavy atom. The summed E-state index contributed by atoms with van der Waals surface area (Å²) in [5.74, 6) is 1.44. The first kappa shape index (κ1) is 13.1. The van der Waals surface area contributed by atoms with Gasteiger partial charge in [-0.05, 0) is 29.9 Å². The van der Waals surface area contributed by atoms with Crippen LogP contribution in [0.4, 0.5) is 0 Å². The number of nitrogens with zero attached hydrogens (tertiary/aromatic N) is 1. The molecule has 0 unspecified atom stereocenters. The van der Waals surface area contributed by atoms with E-state index in [2.05, 4.69) is 28.4 Å². The highest BCUT2D eigenvalue weighted by Gasteiger charge is 2.10. The lowest BCUT2D eigenvalue weighted by atomic mass is 10.2. The van der Waals surface area contributed by atoms with Crippen molar-refractivity contribution >= 4 is 24.0 Å². The molecule has 0 fully saturated rings. The molecule has 2 aromatic carbocycles. The molecule has 0 radical (unpaired) electrons. The predicted molar refractivity (Wildman–Crippen MR) is 83.1 cm³/mol. The highest BCUT2D eigenvalue weighted by atomic mass is 32.2.